The van der Waals surface area contributed by atoms with E-state index in [0.717, 1.165) is 11.1 Å². The van der Waals surface area contributed by atoms with Crippen molar-refractivity contribution in [2.75, 3.05) is 11.9 Å². The number of carbonyl (C=O) groups excluding carboxylic acids is 2. The highest BCUT2D eigenvalue weighted by atomic mass is 16.5. The Hall–Kier alpha value is -2.62. The van der Waals surface area contributed by atoms with Gasteiger partial charge in [-0.05, 0) is 51.5 Å². The van der Waals surface area contributed by atoms with E-state index in [1.165, 1.54) is 0 Å². The Morgan fingerprint density at radius 1 is 1.08 bits per heavy atom. The molecular weight excluding hydrogens is 302 g/mol. The first-order valence-corrected chi connectivity index (χ1v) is 8.00. The molecule has 0 bridgehead atoms. The Morgan fingerprint density at radius 2 is 1.75 bits per heavy atom. The maximum Gasteiger partial charge on any atom is 0.338 e. The van der Waals surface area contributed by atoms with E-state index in [-0.39, 0.29) is 5.91 Å². The van der Waals surface area contributed by atoms with Crippen LogP contribution >= 0.6 is 0 Å². The van der Waals surface area contributed by atoms with Crippen LogP contribution in [0.1, 0.15) is 42.3 Å². The summed E-state index contributed by atoms with van der Waals surface area (Å²) in [7, 11) is 0. The fourth-order valence-electron chi connectivity index (χ4n) is 2.33. The van der Waals surface area contributed by atoms with Crippen molar-refractivity contribution in [3.05, 3.63) is 65.2 Å². The van der Waals surface area contributed by atoms with Gasteiger partial charge < -0.3 is 10.1 Å². The zero-order valence-corrected chi connectivity index (χ0v) is 14.6. The van der Waals surface area contributed by atoms with Crippen LogP contribution in [0, 0.1) is 6.92 Å². The summed E-state index contributed by atoms with van der Waals surface area (Å²) < 4.78 is 4.98. The third kappa shape index (κ3) is 4.02. The maximum absolute atomic E-state index is 12.7. The van der Waals surface area contributed by atoms with Crippen molar-refractivity contribution in [1.29, 1.82) is 0 Å². The summed E-state index contributed by atoms with van der Waals surface area (Å²) in [6.45, 7) is 7.84. The van der Waals surface area contributed by atoms with Crippen LogP contribution in [0.15, 0.2) is 48.5 Å². The van der Waals surface area contributed by atoms with Crippen molar-refractivity contribution < 1.29 is 14.3 Å². The summed E-state index contributed by atoms with van der Waals surface area (Å²) in [5.41, 5.74) is 2.39. The smallest absolute Gasteiger partial charge is 0.338 e. The number of carbonyl (C=O) groups is 2. The first-order chi connectivity index (χ1) is 11.3. The number of esters is 1. The van der Waals surface area contributed by atoms with Crippen LogP contribution < -0.4 is 5.32 Å². The van der Waals surface area contributed by atoms with Crippen LogP contribution in [0.5, 0.6) is 0 Å². The third-order valence-corrected chi connectivity index (χ3v) is 3.97. The van der Waals surface area contributed by atoms with Crippen molar-refractivity contribution >= 4 is 17.6 Å². The summed E-state index contributed by atoms with van der Waals surface area (Å²) in [6.07, 6.45) is 0. The predicted molar refractivity (Wildman–Crippen MR) is 95.2 cm³/mol. The molecule has 0 heterocycles. The lowest BCUT2D eigenvalue weighted by atomic mass is 9.83. The van der Waals surface area contributed by atoms with Crippen molar-refractivity contribution in [2.24, 2.45) is 0 Å². The molecule has 4 nitrogen and oxygen atoms in total. The second-order valence-electron chi connectivity index (χ2n) is 6.25. The minimum atomic E-state index is -0.687. The van der Waals surface area contributed by atoms with Crippen molar-refractivity contribution in [1.82, 2.24) is 0 Å². The maximum atomic E-state index is 12.7. The summed E-state index contributed by atoms with van der Waals surface area (Å²) in [5.74, 6) is -0.529. The fraction of sp³-hybridized carbons (Fsp3) is 0.300. The normalized spacial score (nSPS) is 11.0. The van der Waals surface area contributed by atoms with Gasteiger partial charge >= 0.3 is 5.97 Å². The average molecular weight is 325 g/mol. The van der Waals surface area contributed by atoms with Gasteiger partial charge in [-0.15, -0.1) is 0 Å². The highest BCUT2D eigenvalue weighted by molar-refractivity contribution is 5.99. The Morgan fingerprint density at radius 3 is 2.38 bits per heavy atom. The number of anilines is 1. The van der Waals surface area contributed by atoms with Crippen molar-refractivity contribution in [3.8, 4) is 0 Å². The lowest BCUT2D eigenvalue weighted by molar-refractivity contribution is -0.120. The second-order valence-corrected chi connectivity index (χ2v) is 6.25. The molecule has 2 aromatic carbocycles. The van der Waals surface area contributed by atoms with Crippen LogP contribution in [0.3, 0.4) is 0 Å². The summed E-state index contributed by atoms with van der Waals surface area (Å²) in [6, 6.07) is 14.7. The summed E-state index contributed by atoms with van der Waals surface area (Å²) in [4.78, 5) is 24.5. The molecule has 1 N–H and O–H groups in total. The van der Waals surface area contributed by atoms with E-state index in [2.05, 4.69) is 5.32 Å². The van der Waals surface area contributed by atoms with Gasteiger partial charge in [0, 0.05) is 5.69 Å². The Balaban J connectivity index is 2.18. The highest BCUT2D eigenvalue weighted by Crippen LogP contribution is 2.25. The topological polar surface area (TPSA) is 55.4 Å². The van der Waals surface area contributed by atoms with Crippen LogP contribution in [-0.4, -0.2) is 18.5 Å². The van der Waals surface area contributed by atoms with E-state index in [9.17, 15) is 9.59 Å². The molecule has 0 saturated heterocycles. The number of rotatable bonds is 5. The number of benzene rings is 2. The standard InChI is InChI=1S/C20H23NO3/c1-5-24-18(22)15-7-6-8-17(13-15)21-19(23)20(3,4)16-11-9-14(2)10-12-16/h6-13H,5H2,1-4H3,(H,21,23). The fourth-order valence-corrected chi connectivity index (χ4v) is 2.33. The molecule has 126 valence electrons. The molecule has 2 rings (SSSR count). The SMILES string of the molecule is CCOC(=O)c1cccc(NC(=O)C(C)(C)c2ccc(C)cc2)c1. The minimum Gasteiger partial charge on any atom is -0.462 e. The Labute approximate surface area is 142 Å². The van der Waals surface area contributed by atoms with Crippen molar-refractivity contribution in [3.63, 3.8) is 0 Å². The van der Waals surface area contributed by atoms with Crippen LogP contribution in [0.4, 0.5) is 5.69 Å². The minimum absolute atomic E-state index is 0.132. The first-order valence-electron chi connectivity index (χ1n) is 8.00. The van der Waals surface area contributed by atoms with Gasteiger partial charge in [-0.3, -0.25) is 4.79 Å². The lowest BCUT2D eigenvalue weighted by Crippen LogP contribution is -2.34. The van der Waals surface area contributed by atoms with Crippen LogP contribution in [0.25, 0.3) is 0 Å². The van der Waals surface area contributed by atoms with Gasteiger partial charge in [0.2, 0.25) is 5.91 Å². The van der Waals surface area contributed by atoms with Crippen LogP contribution in [-0.2, 0) is 14.9 Å². The molecule has 1 amide bonds. The van der Waals surface area contributed by atoms with Gasteiger partial charge in [-0.2, -0.15) is 0 Å². The molecule has 2 aromatic rings. The Bertz CT molecular complexity index is 733. The van der Waals surface area contributed by atoms with Crippen LogP contribution in [0.2, 0.25) is 0 Å². The lowest BCUT2D eigenvalue weighted by Gasteiger charge is -2.24. The van der Waals surface area contributed by atoms with E-state index in [1.807, 2.05) is 45.0 Å². The molecule has 0 aliphatic rings. The quantitative estimate of drug-likeness (QED) is 0.843. The van der Waals surface area contributed by atoms with Gasteiger partial charge in [-0.25, -0.2) is 4.79 Å². The van der Waals surface area contributed by atoms with Gasteiger partial charge in [-0.1, -0.05) is 35.9 Å². The molecular formula is C20H23NO3. The number of hydrogen-bond donors (Lipinski definition) is 1. The zero-order valence-electron chi connectivity index (χ0n) is 14.6. The molecule has 0 radical (unpaired) electrons. The summed E-state index contributed by atoms with van der Waals surface area (Å²) >= 11 is 0. The van der Waals surface area contributed by atoms with Gasteiger partial charge in [0.15, 0.2) is 0 Å². The molecule has 0 aromatic heterocycles. The first kappa shape index (κ1) is 17.7. The monoisotopic (exact) mass is 325 g/mol. The number of hydrogen-bond acceptors (Lipinski definition) is 3. The highest BCUT2D eigenvalue weighted by Gasteiger charge is 2.29. The molecule has 0 aliphatic carbocycles. The Kier molecular flexibility index (Phi) is 5.39. The number of ether oxygens (including phenoxy) is 1. The predicted octanol–water partition coefficient (Wildman–Crippen LogP) is 4.09. The molecule has 24 heavy (non-hydrogen) atoms. The molecule has 0 aliphatic heterocycles. The van der Waals surface area contributed by atoms with Gasteiger partial charge in [0.25, 0.3) is 0 Å². The molecule has 0 saturated carbocycles. The van der Waals surface area contributed by atoms with Gasteiger partial charge in [0.1, 0.15) is 0 Å². The number of nitrogens with one attached hydrogen (secondary N) is 1. The zero-order chi connectivity index (χ0) is 17.7. The molecule has 0 spiro atoms. The third-order valence-electron chi connectivity index (χ3n) is 3.97. The van der Waals surface area contributed by atoms with E-state index in [1.54, 1.807) is 31.2 Å². The molecule has 4 heteroatoms. The summed E-state index contributed by atoms with van der Waals surface area (Å²) in [5, 5.41) is 2.89. The largest absolute Gasteiger partial charge is 0.462 e. The second kappa shape index (κ2) is 7.30. The molecule has 0 atom stereocenters. The van der Waals surface area contributed by atoms with Gasteiger partial charge in [0.05, 0.1) is 17.6 Å². The molecule has 0 unspecified atom stereocenters. The molecule has 0 fully saturated rings. The van der Waals surface area contributed by atoms with Crippen molar-refractivity contribution in [2.45, 2.75) is 33.1 Å². The van der Waals surface area contributed by atoms with E-state index in [4.69, 9.17) is 4.74 Å². The van der Waals surface area contributed by atoms with E-state index < -0.39 is 11.4 Å². The average Bonchev–Trinajstić information content (AvgIpc) is 2.55. The number of amides is 1. The van der Waals surface area contributed by atoms with E-state index >= 15 is 0 Å². The number of aryl methyl sites for hydroxylation is 1. The van der Waals surface area contributed by atoms with E-state index in [0.29, 0.717) is 17.9 Å².